The van der Waals surface area contributed by atoms with Crippen LogP contribution in [0.15, 0.2) is 48.5 Å². The molecule has 0 radical (unpaired) electrons. The first-order valence-corrected chi connectivity index (χ1v) is 9.52. The molecule has 0 spiro atoms. The number of rotatable bonds is 2. The number of hydrogen-bond acceptors (Lipinski definition) is 4. The molecule has 2 N–H and O–H groups in total. The number of fused-ring (bicyclic) bond motifs is 1. The molecule has 5 nitrogen and oxygen atoms in total. The van der Waals surface area contributed by atoms with Gasteiger partial charge in [0.15, 0.2) is 0 Å². The molecular formula is C19H16ClN3O2S. The number of carbonyl (C=O) groups excluding carboxylic acids is 1. The number of amides is 1. The van der Waals surface area contributed by atoms with Gasteiger partial charge in [-0.15, -0.1) is 11.8 Å². The van der Waals surface area contributed by atoms with Gasteiger partial charge in [-0.2, -0.15) is 5.10 Å². The Morgan fingerprint density at radius 2 is 2.04 bits per heavy atom. The van der Waals surface area contributed by atoms with Crippen molar-refractivity contribution in [3.05, 3.63) is 70.4 Å². The maximum atomic E-state index is 12.3. The van der Waals surface area contributed by atoms with Gasteiger partial charge in [0.25, 0.3) is 0 Å². The highest BCUT2D eigenvalue weighted by molar-refractivity contribution is 8.00. The van der Waals surface area contributed by atoms with Crippen LogP contribution in [0.25, 0.3) is 5.69 Å². The molecular weight excluding hydrogens is 370 g/mol. The first-order valence-electron chi connectivity index (χ1n) is 8.09. The zero-order valence-electron chi connectivity index (χ0n) is 13.9. The fraction of sp³-hybridized carbons (Fsp3) is 0.158. The van der Waals surface area contributed by atoms with Crippen molar-refractivity contribution in [1.29, 1.82) is 0 Å². The summed E-state index contributed by atoms with van der Waals surface area (Å²) in [6.45, 7) is 1.94. The first kappa shape index (κ1) is 17.0. The van der Waals surface area contributed by atoms with E-state index in [9.17, 15) is 9.90 Å². The number of para-hydroxylation sites is 1. The number of halogens is 1. The van der Waals surface area contributed by atoms with Crippen LogP contribution in [0.4, 0.5) is 5.82 Å². The molecule has 1 aromatic heterocycles. The normalized spacial score (nSPS) is 16.7. The highest BCUT2D eigenvalue weighted by atomic mass is 35.5. The molecule has 2 heterocycles. The predicted octanol–water partition coefficient (Wildman–Crippen LogP) is 4.31. The Morgan fingerprint density at radius 1 is 1.27 bits per heavy atom. The lowest BCUT2D eigenvalue weighted by atomic mass is 10.0. The minimum absolute atomic E-state index is 0.0418. The lowest BCUT2D eigenvalue weighted by Gasteiger charge is -2.16. The molecule has 132 valence electrons. The Labute approximate surface area is 160 Å². The highest BCUT2D eigenvalue weighted by Crippen LogP contribution is 2.45. The van der Waals surface area contributed by atoms with Gasteiger partial charge in [0.05, 0.1) is 27.4 Å². The number of aromatic hydroxyl groups is 1. The van der Waals surface area contributed by atoms with E-state index >= 15 is 0 Å². The van der Waals surface area contributed by atoms with E-state index in [2.05, 4.69) is 10.4 Å². The summed E-state index contributed by atoms with van der Waals surface area (Å²) in [4.78, 5) is 12.3. The topological polar surface area (TPSA) is 67.1 Å². The van der Waals surface area contributed by atoms with Crippen molar-refractivity contribution in [3.8, 4) is 11.4 Å². The Bertz CT molecular complexity index is 988. The van der Waals surface area contributed by atoms with E-state index in [4.69, 9.17) is 11.6 Å². The van der Waals surface area contributed by atoms with Crippen molar-refractivity contribution in [1.82, 2.24) is 9.78 Å². The average molecular weight is 386 g/mol. The largest absolute Gasteiger partial charge is 0.506 e. The molecule has 0 unspecified atom stereocenters. The van der Waals surface area contributed by atoms with Crippen LogP contribution < -0.4 is 5.32 Å². The fourth-order valence-corrected chi connectivity index (χ4v) is 4.46. The van der Waals surface area contributed by atoms with Gasteiger partial charge in [-0.3, -0.25) is 4.79 Å². The first-order chi connectivity index (χ1) is 12.5. The molecule has 1 amide bonds. The summed E-state index contributed by atoms with van der Waals surface area (Å²) in [5, 5.41) is 17.6. The number of thioether (sulfide) groups is 1. The number of aryl methyl sites for hydroxylation is 1. The van der Waals surface area contributed by atoms with Crippen LogP contribution in [0, 0.1) is 6.92 Å². The quantitative estimate of drug-likeness (QED) is 0.689. The molecule has 0 bridgehead atoms. The van der Waals surface area contributed by atoms with Gasteiger partial charge in [0.1, 0.15) is 11.6 Å². The van der Waals surface area contributed by atoms with E-state index in [1.807, 2.05) is 43.3 Å². The molecule has 1 aliphatic rings. The minimum Gasteiger partial charge on any atom is -0.506 e. The van der Waals surface area contributed by atoms with Gasteiger partial charge < -0.3 is 10.4 Å². The maximum Gasteiger partial charge on any atom is 0.235 e. The molecule has 2 aromatic carbocycles. The summed E-state index contributed by atoms with van der Waals surface area (Å²) in [6.07, 6.45) is 0. The van der Waals surface area contributed by atoms with Crippen molar-refractivity contribution < 1.29 is 9.90 Å². The van der Waals surface area contributed by atoms with Gasteiger partial charge >= 0.3 is 0 Å². The number of anilines is 1. The van der Waals surface area contributed by atoms with Crippen LogP contribution in [0.1, 0.15) is 22.1 Å². The van der Waals surface area contributed by atoms with E-state index in [1.165, 1.54) is 11.8 Å². The number of nitrogens with zero attached hydrogens (tertiary/aromatic N) is 2. The minimum atomic E-state index is -0.112. The number of nitrogens with one attached hydrogen (secondary N) is 1. The van der Waals surface area contributed by atoms with Gasteiger partial charge in [0.2, 0.25) is 5.91 Å². The lowest BCUT2D eigenvalue weighted by Crippen LogP contribution is -2.15. The maximum absolute atomic E-state index is 12.3. The standard InChI is InChI=1S/C19H16ClN3O2S/c1-11-17-18(12-7-8-15(24)14(20)9-12)26-10-16(25)21-19(17)23(22-11)13-5-3-2-4-6-13/h2-9,18,24H,10H2,1H3,(H,21,25)/t18-/m1/s1. The van der Waals surface area contributed by atoms with Crippen molar-refractivity contribution in [3.63, 3.8) is 0 Å². The van der Waals surface area contributed by atoms with Gasteiger partial charge in [-0.25, -0.2) is 4.68 Å². The molecule has 1 atom stereocenters. The number of hydrogen-bond donors (Lipinski definition) is 2. The summed E-state index contributed by atoms with van der Waals surface area (Å²) in [5.41, 5.74) is 3.59. The molecule has 1 aliphatic heterocycles. The molecule has 0 saturated carbocycles. The summed E-state index contributed by atoms with van der Waals surface area (Å²) in [7, 11) is 0. The van der Waals surface area contributed by atoms with Crippen molar-refractivity contribution in [2.45, 2.75) is 12.2 Å². The Morgan fingerprint density at radius 3 is 2.77 bits per heavy atom. The number of phenolic OH excluding ortho intramolecular Hbond substituents is 1. The number of aromatic nitrogens is 2. The number of phenols is 1. The monoisotopic (exact) mass is 385 g/mol. The Kier molecular flexibility index (Phi) is 4.38. The van der Waals surface area contributed by atoms with Crippen LogP contribution in [-0.2, 0) is 4.79 Å². The third-order valence-electron chi connectivity index (χ3n) is 4.28. The second kappa shape index (κ2) is 6.70. The van der Waals surface area contributed by atoms with Gasteiger partial charge in [-0.05, 0) is 36.8 Å². The van der Waals surface area contributed by atoms with Crippen LogP contribution in [0.3, 0.4) is 0 Å². The molecule has 26 heavy (non-hydrogen) atoms. The van der Waals surface area contributed by atoms with Crippen molar-refractivity contribution in [2.75, 3.05) is 11.1 Å². The van der Waals surface area contributed by atoms with Crippen LogP contribution in [0.5, 0.6) is 5.75 Å². The van der Waals surface area contributed by atoms with Crippen molar-refractivity contribution >= 4 is 35.1 Å². The predicted molar refractivity (Wildman–Crippen MR) is 104 cm³/mol. The summed E-state index contributed by atoms with van der Waals surface area (Å²) in [5.74, 6) is 0.977. The highest BCUT2D eigenvalue weighted by Gasteiger charge is 2.30. The van der Waals surface area contributed by atoms with E-state index in [1.54, 1.807) is 16.8 Å². The van der Waals surface area contributed by atoms with E-state index in [0.29, 0.717) is 16.6 Å². The number of carbonyl (C=O) groups is 1. The van der Waals surface area contributed by atoms with Gasteiger partial charge in [0, 0.05) is 5.56 Å². The van der Waals surface area contributed by atoms with E-state index in [-0.39, 0.29) is 16.9 Å². The third-order valence-corrected chi connectivity index (χ3v) is 5.86. The van der Waals surface area contributed by atoms with E-state index < -0.39 is 0 Å². The smallest absolute Gasteiger partial charge is 0.235 e. The fourth-order valence-electron chi connectivity index (χ4n) is 3.09. The van der Waals surface area contributed by atoms with E-state index in [0.717, 1.165) is 22.5 Å². The summed E-state index contributed by atoms with van der Waals surface area (Å²) < 4.78 is 1.77. The van der Waals surface area contributed by atoms with Crippen molar-refractivity contribution in [2.24, 2.45) is 0 Å². The van der Waals surface area contributed by atoms with Crippen LogP contribution in [-0.4, -0.2) is 26.5 Å². The lowest BCUT2D eigenvalue weighted by molar-refractivity contribution is -0.113. The third kappa shape index (κ3) is 2.95. The SMILES string of the molecule is Cc1nn(-c2ccccc2)c2c1[C@@H](c1ccc(O)c(Cl)c1)SCC(=O)N2. The molecule has 4 rings (SSSR count). The van der Waals surface area contributed by atoms with Crippen LogP contribution >= 0.6 is 23.4 Å². The Hall–Kier alpha value is -2.44. The Balaban J connectivity index is 1.89. The number of benzene rings is 2. The zero-order chi connectivity index (χ0) is 18.3. The average Bonchev–Trinajstić information content (AvgIpc) is 2.84. The van der Waals surface area contributed by atoms with Crippen LogP contribution in [0.2, 0.25) is 5.02 Å². The molecule has 3 aromatic rings. The zero-order valence-corrected chi connectivity index (χ0v) is 15.5. The second-order valence-electron chi connectivity index (χ2n) is 6.05. The second-order valence-corrected chi connectivity index (χ2v) is 7.55. The molecule has 0 saturated heterocycles. The molecule has 0 fully saturated rings. The summed E-state index contributed by atoms with van der Waals surface area (Å²) in [6, 6.07) is 14.9. The summed E-state index contributed by atoms with van der Waals surface area (Å²) >= 11 is 7.63. The molecule has 0 aliphatic carbocycles. The van der Waals surface area contributed by atoms with Gasteiger partial charge in [-0.1, -0.05) is 35.9 Å². The molecule has 7 heteroatoms.